The second-order valence-electron chi connectivity index (χ2n) is 10.7. The van der Waals surface area contributed by atoms with Crippen LogP contribution in [-0.2, 0) is 6.54 Å². The van der Waals surface area contributed by atoms with Gasteiger partial charge in [0.15, 0.2) is 0 Å². The third-order valence-corrected chi connectivity index (χ3v) is 7.59. The summed E-state index contributed by atoms with van der Waals surface area (Å²) in [5.74, 6) is 0. The van der Waals surface area contributed by atoms with E-state index in [1.807, 2.05) is 26.1 Å². The molecule has 8 nitrogen and oxygen atoms in total. The lowest BCUT2D eigenvalue weighted by atomic mass is 9.99. The highest BCUT2D eigenvalue weighted by atomic mass is 16.3. The average molecular weight is 503 g/mol. The average Bonchev–Trinajstić information content (AvgIpc) is 3.49. The van der Waals surface area contributed by atoms with Crippen molar-refractivity contribution in [3.63, 3.8) is 0 Å². The molecule has 8 heteroatoms. The highest BCUT2D eigenvalue weighted by molar-refractivity contribution is 5.91. The van der Waals surface area contributed by atoms with Crippen molar-refractivity contribution in [2.24, 2.45) is 0 Å². The number of hydrogen-bond acceptors (Lipinski definition) is 5. The van der Waals surface area contributed by atoms with Crippen molar-refractivity contribution in [2.75, 3.05) is 13.1 Å². The lowest BCUT2D eigenvalue weighted by Gasteiger charge is -2.22. The van der Waals surface area contributed by atoms with Crippen LogP contribution in [0.4, 0.5) is 0 Å². The Morgan fingerprint density at radius 3 is 2.54 bits per heavy atom. The normalized spacial score (nSPS) is 15.6. The van der Waals surface area contributed by atoms with Gasteiger partial charge in [0.05, 0.1) is 12.2 Å². The molecule has 1 atom stereocenters. The van der Waals surface area contributed by atoms with Crippen molar-refractivity contribution in [2.45, 2.75) is 72.3 Å². The van der Waals surface area contributed by atoms with Crippen LogP contribution < -0.4 is 16.2 Å². The smallest absolute Gasteiger partial charge is 0.252 e. The minimum atomic E-state index is -0.941. The molecule has 196 valence electrons. The van der Waals surface area contributed by atoms with Gasteiger partial charge in [-0.15, -0.1) is 0 Å². The van der Waals surface area contributed by atoms with Gasteiger partial charge in [0.1, 0.15) is 6.23 Å². The molecule has 0 aliphatic carbocycles. The van der Waals surface area contributed by atoms with Gasteiger partial charge >= 0.3 is 0 Å². The third-order valence-electron chi connectivity index (χ3n) is 7.59. The molecule has 5 rings (SSSR count). The first-order valence-electron chi connectivity index (χ1n) is 13.2. The molecule has 0 radical (unpaired) electrons. The lowest BCUT2D eigenvalue weighted by molar-refractivity contribution is 0.138. The number of hydrogen-bond donors (Lipinski definition) is 4. The number of rotatable bonds is 7. The van der Waals surface area contributed by atoms with Crippen LogP contribution in [-0.4, -0.2) is 37.5 Å². The number of aryl methyl sites for hydroxylation is 3. The highest BCUT2D eigenvalue weighted by Gasteiger charge is 2.21. The second kappa shape index (κ2) is 10.3. The van der Waals surface area contributed by atoms with E-state index in [0.29, 0.717) is 11.6 Å². The predicted octanol–water partition coefficient (Wildman–Crippen LogP) is 4.40. The fraction of sp³-hybridized carbons (Fsp3) is 0.448. The summed E-state index contributed by atoms with van der Waals surface area (Å²) in [5.41, 5.74) is 7.31. The molecule has 0 saturated carbocycles. The van der Waals surface area contributed by atoms with E-state index in [1.165, 1.54) is 0 Å². The van der Waals surface area contributed by atoms with Gasteiger partial charge < -0.3 is 20.0 Å². The molecule has 4 aromatic rings. The maximum atomic E-state index is 12.5. The Morgan fingerprint density at radius 2 is 1.84 bits per heavy atom. The summed E-state index contributed by atoms with van der Waals surface area (Å²) >= 11 is 0. The van der Waals surface area contributed by atoms with Gasteiger partial charge in [-0.1, -0.05) is 0 Å². The van der Waals surface area contributed by atoms with Crippen LogP contribution in [0.2, 0.25) is 0 Å². The van der Waals surface area contributed by atoms with Crippen molar-refractivity contribution >= 4 is 10.9 Å². The Hall–Kier alpha value is -3.20. The SMILES string of the molecule is Cc1cc(C)c(CNC(O)c2cc(-c3cnn(C4CCNCC4)c3)cc3c2c(C)cn3C(C)C)c(=O)[nH]1. The number of piperidine rings is 1. The zero-order valence-corrected chi connectivity index (χ0v) is 22.4. The molecule has 1 fully saturated rings. The van der Waals surface area contributed by atoms with Gasteiger partial charge in [-0.2, -0.15) is 5.10 Å². The number of fused-ring (bicyclic) bond motifs is 1. The monoisotopic (exact) mass is 502 g/mol. The van der Waals surface area contributed by atoms with E-state index < -0.39 is 6.23 Å². The van der Waals surface area contributed by atoms with E-state index in [1.54, 1.807) is 0 Å². The van der Waals surface area contributed by atoms with E-state index in [2.05, 4.69) is 70.2 Å². The molecule has 0 amide bonds. The Morgan fingerprint density at radius 1 is 1.08 bits per heavy atom. The number of aliphatic hydroxyl groups is 1. The summed E-state index contributed by atoms with van der Waals surface area (Å²) in [7, 11) is 0. The fourth-order valence-corrected chi connectivity index (χ4v) is 5.60. The molecule has 1 saturated heterocycles. The number of aromatic amines is 1. The van der Waals surface area contributed by atoms with Crippen LogP contribution in [0.5, 0.6) is 0 Å². The first kappa shape index (κ1) is 25.4. The number of nitrogens with one attached hydrogen (secondary N) is 3. The molecule has 1 aliphatic heterocycles. The van der Waals surface area contributed by atoms with Crippen molar-refractivity contribution < 1.29 is 5.11 Å². The molecule has 1 unspecified atom stereocenters. The topological polar surface area (TPSA) is 99.9 Å². The number of H-pyrrole nitrogens is 1. The first-order valence-corrected chi connectivity index (χ1v) is 13.2. The summed E-state index contributed by atoms with van der Waals surface area (Å²) in [6.45, 7) is 12.5. The van der Waals surface area contributed by atoms with E-state index in [4.69, 9.17) is 5.10 Å². The zero-order chi connectivity index (χ0) is 26.3. The molecular weight excluding hydrogens is 464 g/mol. The van der Waals surface area contributed by atoms with E-state index in [0.717, 1.165) is 70.3 Å². The Kier molecular flexibility index (Phi) is 7.07. The maximum absolute atomic E-state index is 12.5. The summed E-state index contributed by atoms with van der Waals surface area (Å²) in [6, 6.07) is 6.90. The zero-order valence-electron chi connectivity index (χ0n) is 22.4. The van der Waals surface area contributed by atoms with Crippen LogP contribution in [0.15, 0.2) is 41.6 Å². The number of nitrogens with zero attached hydrogens (tertiary/aromatic N) is 3. The van der Waals surface area contributed by atoms with E-state index in [-0.39, 0.29) is 18.1 Å². The van der Waals surface area contributed by atoms with Crippen molar-refractivity contribution in [3.8, 4) is 11.1 Å². The molecule has 4 N–H and O–H groups in total. The summed E-state index contributed by atoms with van der Waals surface area (Å²) < 4.78 is 4.35. The van der Waals surface area contributed by atoms with Crippen molar-refractivity contribution in [3.05, 3.63) is 75.1 Å². The number of aliphatic hydroxyl groups excluding tert-OH is 1. The highest BCUT2D eigenvalue weighted by Crippen LogP contribution is 2.35. The molecule has 0 bridgehead atoms. The van der Waals surface area contributed by atoms with Gasteiger partial charge in [0.2, 0.25) is 0 Å². The van der Waals surface area contributed by atoms with Crippen molar-refractivity contribution in [1.82, 2.24) is 30.0 Å². The van der Waals surface area contributed by atoms with E-state index >= 15 is 0 Å². The minimum Gasteiger partial charge on any atom is -0.374 e. The summed E-state index contributed by atoms with van der Waals surface area (Å²) in [5, 5.41) is 23.8. The van der Waals surface area contributed by atoms with Gasteiger partial charge in [0, 0.05) is 58.3 Å². The van der Waals surface area contributed by atoms with Crippen LogP contribution in [0, 0.1) is 20.8 Å². The Bertz CT molecular complexity index is 1470. The quantitative estimate of drug-likeness (QED) is 0.281. The molecule has 3 aromatic heterocycles. The Balaban J connectivity index is 1.54. The first-order chi connectivity index (χ1) is 17.7. The van der Waals surface area contributed by atoms with Gasteiger partial charge in [-0.05, 0) is 95.4 Å². The third kappa shape index (κ3) is 5.01. The van der Waals surface area contributed by atoms with Gasteiger partial charge in [0.25, 0.3) is 5.56 Å². The molecule has 1 aliphatic rings. The summed E-state index contributed by atoms with van der Waals surface area (Å²) in [6.07, 6.45) is 7.41. The van der Waals surface area contributed by atoms with Gasteiger partial charge in [-0.3, -0.25) is 14.8 Å². The summed E-state index contributed by atoms with van der Waals surface area (Å²) in [4.78, 5) is 15.4. The van der Waals surface area contributed by atoms with Crippen LogP contribution in [0.3, 0.4) is 0 Å². The van der Waals surface area contributed by atoms with Crippen LogP contribution in [0.1, 0.15) is 72.9 Å². The largest absolute Gasteiger partial charge is 0.374 e. The fourth-order valence-electron chi connectivity index (χ4n) is 5.60. The lowest BCUT2D eigenvalue weighted by Crippen LogP contribution is -2.29. The van der Waals surface area contributed by atoms with E-state index in [9.17, 15) is 9.90 Å². The molecule has 1 aromatic carbocycles. The Labute approximate surface area is 217 Å². The minimum absolute atomic E-state index is 0.122. The number of benzene rings is 1. The second-order valence-corrected chi connectivity index (χ2v) is 10.7. The number of aromatic nitrogens is 4. The van der Waals surface area contributed by atoms with Crippen molar-refractivity contribution in [1.29, 1.82) is 0 Å². The maximum Gasteiger partial charge on any atom is 0.252 e. The standard InChI is InChI=1S/C29H38N6O2/c1-17(2)34-15-19(4)27-24(28(36)31-14-25-18(3)10-20(5)33-29(25)37)11-21(12-26(27)34)22-13-32-35(16-22)23-6-8-30-9-7-23/h10-13,15-17,23,28,30-31,36H,6-9,14H2,1-5H3,(H,33,37). The molecule has 4 heterocycles. The van der Waals surface area contributed by atoms with Gasteiger partial charge in [-0.25, -0.2) is 0 Å². The van der Waals surface area contributed by atoms with Crippen LogP contribution >= 0.6 is 0 Å². The van der Waals surface area contributed by atoms with Crippen LogP contribution in [0.25, 0.3) is 22.0 Å². The predicted molar refractivity (Wildman–Crippen MR) is 148 cm³/mol. The molecule has 0 spiro atoms. The number of pyridine rings is 1. The molecular formula is C29H38N6O2. The molecule has 37 heavy (non-hydrogen) atoms.